The van der Waals surface area contributed by atoms with E-state index in [-0.39, 0.29) is 11.7 Å². The lowest BCUT2D eigenvalue weighted by Gasteiger charge is -2.07. The van der Waals surface area contributed by atoms with Gasteiger partial charge in [0.1, 0.15) is 10.7 Å². The predicted octanol–water partition coefficient (Wildman–Crippen LogP) is 0.469. The molecule has 0 saturated carbocycles. The van der Waals surface area contributed by atoms with E-state index in [0.29, 0.717) is 10.0 Å². The lowest BCUT2D eigenvalue weighted by atomic mass is 10.4. The van der Waals surface area contributed by atoms with Gasteiger partial charge in [-0.3, -0.25) is 4.79 Å². The molecule has 0 fully saturated rings. The second kappa shape index (κ2) is 3.61. The Kier molecular flexibility index (Phi) is 2.72. The number of nitrogens with two attached hydrogens (primary N) is 1. The molecule has 1 amide bonds. The number of carbonyl (C=O) groups is 1. The highest BCUT2D eigenvalue weighted by atomic mass is 32.1. The van der Waals surface area contributed by atoms with Crippen molar-refractivity contribution < 1.29 is 4.79 Å². The summed E-state index contributed by atoms with van der Waals surface area (Å²) in [6.45, 7) is 0. The minimum atomic E-state index is -0.114. The predicted molar refractivity (Wildman–Crippen MR) is 54.1 cm³/mol. The zero-order valence-corrected chi connectivity index (χ0v) is 8.60. The minimum Gasteiger partial charge on any atom is -0.382 e. The number of nitrogen functional groups attached to an aromatic ring is 1. The second-order valence-electron chi connectivity index (χ2n) is 2.68. The van der Waals surface area contributed by atoms with Crippen LogP contribution in [-0.2, 0) is 0 Å². The first-order valence-corrected chi connectivity index (χ1v) is 4.53. The summed E-state index contributed by atoms with van der Waals surface area (Å²) < 4.78 is 0. The average molecular weight is 200 g/mol. The van der Waals surface area contributed by atoms with Gasteiger partial charge in [-0.25, -0.2) is 4.98 Å². The third-order valence-corrected chi connectivity index (χ3v) is 2.54. The molecular weight excluding hydrogens is 188 g/mol. The van der Waals surface area contributed by atoms with E-state index in [1.54, 1.807) is 21.1 Å². The molecule has 1 aromatic rings. The minimum absolute atomic E-state index is 0.114. The van der Waals surface area contributed by atoms with E-state index in [9.17, 15) is 4.79 Å². The second-order valence-corrected chi connectivity index (χ2v) is 3.68. The monoisotopic (exact) mass is 200 g/mol. The van der Waals surface area contributed by atoms with Crippen molar-refractivity contribution in [2.24, 2.45) is 0 Å². The molecule has 1 aromatic heterocycles. The number of rotatable bonds is 2. The van der Waals surface area contributed by atoms with Crippen molar-refractivity contribution in [3.63, 3.8) is 0 Å². The highest BCUT2D eigenvalue weighted by Gasteiger charge is 2.16. The fourth-order valence-corrected chi connectivity index (χ4v) is 1.65. The average Bonchev–Trinajstić information content (AvgIpc) is 2.45. The molecule has 3 N–H and O–H groups in total. The number of nitrogens with one attached hydrogen (secondary N) is 1. The van der Waals surface area contributed by atoms with Crippen molar-refractivity contribution in [3.8, 4) is 0 Å². The standard InChI is InChI=1S/C7H12N4OS/c1-9-7-10-5(8)4(13-7)6(12)11(2)3/h8H2,1-3H3,(H,9,10). The highest BCUT2D eigenvalue weighted by Crippen LogP contribution is 2.25. The number of nitrogens with zero attached hydrogens (tertiary/aromatic N) is 2. The van der Waals surface area contributed by atoms with Crippen LogP contribution in [0.2, 0.25) is 0 Å². The first-order valence-electron chi connectivity index (χ1n) is 3.72. The van der Waals surface area contributed by atoms with Gasteiger partial charge in [0.25, 0.3) is 5.91 Å². The molecule has 5 nitrogen and oxygen atoms in total. The Bertz CT molecular complexity index is 320. The molecule has 6 heteroatoms. The largest absolute Gasteiger partial charge is 0.382 e. The van der Waals surface area contributed by atoms with Crippen LogP contribution in [0.5, 0.6) is 0 Å². The first-order chi connectivity index (χ1) is 6.06. The Morgan fingerprint density at radius 1 is 1.62 bits per heavy atom. The van der Waals surface area contributed by atoms with Crippen molar-refractivity contribution in [1.82, 2.24) is 9.88 Å². The van der Waals surface area contributed by atoms with E-state index in [2.05, 4.69) is 10.3 Å². The molecule has 0 aromatic carbocycles. The van der Waals surface area contributed by atoms with Crippen molar-refractivity contribution in [2.45, 2.75) is 0 Å². The molecule has 0 bridgehead atoms. The van der Waals surface area contributed by atoms with E-state index < -0.39 is 0 Å². The molecule has 13 heavy (non-hydrogen) atoms. The van der Waals surface area contributed by atoms with Gasteiger partial charge in [0, 0.05) is 21.1 Å². The van der Waals surface area contributed by atoms with Gasteiger partial charge in [-0.1, -0.05) is 11.3 Å². The van der Waals surface area contributed by atoms with Crippen LogP contribution in [0.3, 0.4) is 0 Å². The van der Waals surface area contributed by atoms with Crippen LogP contribution in [0.25, 0.3) is 0 Å². The zero-order valence-electron chi connectivity index (χ0n) is 7.79. The lowest BCUT2D eigenvalue weighted by molar-refractivity contribution is 0.0833. The first kappa shape index (κ1) is 9.79. The Balaban J connectivity index is 3.00. The molecule has 72 valence electrons. The van der Waals surface area contributed by atoms with Gasteiger partial charge < -0.3 is 16.0 Å². The normalized spacial score (nSPS) is 9.77. The summed E-state index contributed by atoms with van der Waals surface area (Å²) in [6, 6.07) is 0. The fourth-order valence-electron chi connectivity index (χ4n) is 0.795. The van der Waals surface area contributed by atoms with Crippen molar-refractivity contribution in [3.05, 3.63) is 4.88 Å². The SMILES string of the molecule is CNc1nc(N)c(C(=O)N(C)C)s1. The number of hydrogen-bond donors (Lipinski definition) is 2. The quantitative estimate of drug-likeness (QED) is 0.728. The van der Waals surface area contributed by atoms with Gasteiger partial charge >= 0.3 is 0 Å². The fraction of sp³-hybridized carbons (Fsp3) is 0.429. The molecule has 0 radical (unpaired) electrons. The lowest BCUT2D eigenvalue weighted by Crippen LogP contribution is -2.21. The Labute approximate surface area is 80.6 Å². The van der Waals surface area contributed by atoms with Gasteiger partial charge in [-0.05, 0) is 0 Å². The van der Waals surface area contributed by atoms with E-state index in [1.165, 1.54) is 16.2 Å². The number of thiazole rings is 1. The third-order valence-electron chi connectivity index (χ3n) is 1.47. The third kappa shape index (κ3) is 1.89. The molecule has 0 atom stereocenters. The Morgan fingerprint density at radius 3 is 2.62 bits per heavy atom. The molecule has 0 aliphatic heterocycles. The number of amides is 1. The van der Waals surface area contributed by atoms with Crippen LogP contribution in [0, 0.1) is 0 Å². The van der Waals surface area contributed by atoms with Crippen molar-refractivity contribution in [1.29, 1.82) is 0 Å². The van der Waals surface area contributed by atoms with Gasteiger partial charge in [-0.2, -0.15) is 0 Å². The molecule has 0 aliphatic rings. The number of carbonyl (C=O) groups excluding carboxylic acids is 1. The molecular formula is C7H12N4OS. The number of hydrogen-bond acceptors (Lipinski definition) is 5. The van der Waals surface area contributed by atoms with Gasteiger partial charge in [0.2, 0.25) is 0 Å². The maximum atomic E-state index is 11.5. The Morgan fingerprint density at radius 2 is 2.23 bits per heavy atom. The van der Waals surface area contributed by atoms with E-state index in [0.717, 1.165) is 0 Å². The summed E-state index contributed by atoms with van der Waals surface area (Å²) in [5.74, 6) is 0.171. The van der Waals surface area contributed by atoms with Crippen molar-refractivity contribution >= 4 is 28.2 Å². The van der Waals surface area contributed by atoms with Crippen LogP contribution in [0.15, 0.2) is 0 Å². The van der Waals surface area contributed by atoms with Crippen LogP contribution in [0.4, 0.5) is 10.9 Å². The molecule has 1 heterocycles. The maximum absolute atomic E-state index is 11.5. The van der Waals surface area contributed by atoms with Gasteiger partial charge in [0.15, 0.2) is 5.13 Å². The van der Waals surface area contributed by atoms with Crippen LogP contribution in [0.1, 0.15) is 9.67 Å². The smallest absolute Gasteiger partial charge is 0.267 e. The van der Waals surface area contributed by atoms with E-state index >= 15 is 0 Å². The van der Waals surface area contributed by atoms with Crippen molar-refractivity contribution in [2.75, 3.05) is 32.2 Å². The molecule has 0 saturated heterocycles. The molecule has 1 rings (SSSR count). The topological polar surface area (TPSA) is 71.2 Å². The van der Waals surface area contributed by atoms with E-state index in [4.69, 9.17) is 5.73 Å². The molecule has 0 spiro atoms. The summed E-state index contributed by atoms with van der Waals surface area (Å²) in [4.78, 5) is 17.4. The van der Waals surface area contributed by atoms with Crippen LogP contribution in [-0.4, -0.2) is 36.9 Å². The zero-order chi connectivity index (χ0) is 10.0. The van der Waals surface area contributed by atoms with Gasteiger partial charge in [-0.15, -0.1) is 0 Å². The van der Waals surface area contributed by atoms with E-state index in [1.807, 2.05) is 0 Å². The number of anilines is 2. The van der Waals surface area contributed by atoms with Crippen LogP contribution < -0.4 is 11.1 Å². The van der Waals surface area contributed by atoms with Crippen LogP contribution >= 0.6 is 11.3 Å². The molecule has 0 aliphatic carbocycles. The summed E-state index contributed by atoms with van der Waals surface area (Å²) in [5, 5.41) is 3.49. The van der Waals surface area contributed by atoms with Gasteiger partial charge in [0.05, 0.1) is 0 Å². The summed E-state index contributed by atoms with van der Waals surface area (Å²) >= 11 is 1.26. The summed E-state index contributed by atoms with van der Waals surface area (Å²) in [7, 11) is 5.10. The number of aromatic nitrogens is 1. The maximum Gasteiger partial charge on any atom is 0.267 e. The summed E-state index contributed by atoms with van der Waals surface area (Å²) in [6.07, 6.45) is 0. The molecule has 0 unspecified atom stereocenters. The highest BCUT2D eigenvalue weighted by molar-refractivity contribution is 7.18. The Hall–Kier alpha value is -1.30. The summed E-state index contributed by atoms with van der Waals surface area (Å²) in [5.41, 5.74) is 5.57.